The number of hydrogen-bond acceptors (Lipinski definition) is 3. The van der Waals surface area contributed by atoms with Crippen LogP contribution in [0.15, 0.2) is 0 Å². The summed E-state index contributed by atoms with van der Waals surface area (Å²) in [4.78, 5) is 4.37. The lowest BCUT2D eigenvalue weighted by atomic mass is 10.00. The Bertz CT molecular complexity index is 229. The summed E-state index contributed by atoms with van der Waals surface area (Å²) in [6.07, 6.45) is 0.694. The van der Waals surface area contributed by atoms with Gasteiger partial charge in [-0.15, -0.1) is 0 Å². The first-order valence-corrected chi connectivity index (χ1v) is 6.28. The van der Waals surface area contributed by atoms with Crippen molar-refractivity contribution in [2.75, 3.05) is 33.2 Å². The van der Waals surface area contributed by atoms with Crippen molar-refractivity contribution in [2.24, 2.45) is 0 Å². The number of rotatable bonds is 1. The van der Waals surface area contributed by atoms with E-state index in [4.69, 9.17) is 4.74 Å². The summed E-state index contributed by atoms with van der Waals surface area (Å²) in [7, 11) is 1.99. The predicted molar refractivity (Wildman–Crippen MR) is 62.4 cm³/mol. The lowest BCUT2D eigenvalue weighted by molar-refractivity contribution is -0.0967. The molecular formula is C12H23FN2O. The average Bonchev–Trinajstić information content (AvgIpc) is 2.15. The minimum absolute atomic E-state index is 0.102. The fourth-order valence-corrected chi connectivity index (χ4v) is 2.94. The predicted octanol–water partition coefficient (Wildman–Crippen LogP) is 1.14. The van der Waals surface area contributed by atoms with Crippen LogP contribution in [-0.4, -0.2) is 67.4 Å². The summed E-state index contributed by atoms with van der Waals surface area (Å²) >= 11 is 0. The van der Waals surface area contributed by atoms with Crippen LogP contribution < -0.4 is 0 Å². The smallest absolute Gasteiger partial charge is 0.128 e. The van der Waals surface area contributed by atoms with E-state index in [1.54, 1.807) is 0 Å². The molecule has 94 valence electrons. The van der Waals surface area contributed by atoms with Gasteiger partial charge in [-0.3, -0.25) is 4.90 Å². The van der Waals surface area contributed by atoms with Crippen molar-refractivity contribution in [1.29, 1.82) is 0 Å². The van der Waals surface area contributed by atoms with Crippen LogP contribution >= 0.6 is 0 Å². The number of halogens is 1. The van der Waals surface area contributed by atoms with Gasteiger partial charge in [-0.25, -0.2) is 4.39 Å². The number of morpholine rings is 1. The number of likely N-dealkylation sites (tertiary alicyclic amines) is 1. The highest BCUT2D eigenvalue weighted by Crippen LogP contribution is 2.22. The molecule has 0 spiro atoms. The molecule has 0 radical (unpaired) electrons. The first-order valence-electron chi connectivity index (χ1n) is 6.28. The van der Waals surface area contributed by atoms with Crippen LogP contribution in [0.4, 0.5) is 4.39 Å². The summed E-state index contributed by atoms with van der Waals surface area (Å²) in [5, 5.41) is 0. The fourth-order valence-electron chi connectivity index (χ4n) is 2.94. The first kappa shape index (κ1) is 12.3. The van der Waals surface area contributed by atoms with Gasteiger partial charge in [-0.05, 0) is 33.9 Å². The van der Waals surface area contributed by atoms with E-state index in [9.17, 15) is 4.39 Å². The minimum Gasteiger partial charge on any atom is -0.373 e. The summed E-state index contributed by atoms with van der Waals surface area (Å²) in [6.45, 7) is 7.48. The molecule has 4 atom stereocenters. The summed E-state index contributed by atoms with van der Waals surface area (Å²) in [5.41, 5.74) is 0. The minimum atomic E-state index is -0.712. The highest BCUT2D eigenvalue weighted by atomic mass is 19.1. The van der Waals surface area contributed by atoms with Gasteiger partial charge < -0.3 is 9.64 Å². The van der Waals surface area contributed by atoms with Crippen molar-refractivity contribution in [3.63, 3.8) is 0 Å². The second-order valence-corrected chi connectivity index (χ2v) is 5.35. The van der Waals surface area contributed by atoms with Gasteiger partial charge in [0.15, 0.2) is 0 Å². The lowest BCUT2D eigenvalue weighted by Gasteiger charge is -2.44. The van der Waals surface area contributed by atoms with Crippen LogP contribution in [0.1, 0.15) is 20.3 Å². The maximum Gasteiger partial charge on any atom is 0.128 e. The third-order valence-corrected chi connectivity index (χ3v) is 3.63. The van der Waals surface area contributed by atoms with E-state index in [0.29, 0.717) is 6.54 Å². The van der Waals surface area contributed by atoms with Crippen molar-refractivity contribution in [1.82, 2.24) is 9.80 Å². The van der Waals surface area contributed by atoms with Crippen LogP contribution in [0.2, 0.25) is 0 Å². The van der Waals surface area contributed by atoms with Crippen molar-refractivity contribution >= 4 is 0 Å². The van der Waals surface area contributed by atoms with Gasteiger partial charge in [0.05, 0.1) is 12.2 Å². The zero-order valence-electron chi connectivity index (χ0n) is 10.5. The Kier molecular flexibility index (Phi) is 3.82. The number of piperidine rings is 1. The first-order chi connectivity index (χ1) is 7.56. The Morgan fingerprint density at radius 1 is 1.12 bits per heavy atom. The van der Waals surface area contributed by atoms with Gasteiger partial charge in [-0.2, -0.15) is 0 Å². The van der Waals surface area contributed by atoms with Crippen molar-refractivity contribution in [3.8, 4) is 0 Å². The van der Waals surface area contributed by atoms with E-state index < -0.39 is 6.17 Å². The van der Waals surface area contributed by atoms with E-state index in [2.05, 4.69) is 23.6 Å². The number of nitrogens with zero attached hydrogens (tertiary/aromatic N) is 2. The fraction of sp³-hybridized carbons (Fsp3) is 1.00. The van der Waals surface area contributed by atoms with Gasteiger partial charge >= 0.3 is 0 Å². The molecule has 2 fully saturated rings. The number of alkyl halides is 1. The topological polar surface area (TPSA) is 15.7 Å². The molecule has 2 rings (SSSR count). The van der Waals surface area contributed by atoms with Crippen LogP contribution in [0, 0.1) is 0 Å². The molecule has 0 saturated carbocycles. The highest BCUT2D eigenvalue weighted by Gasteiger charge is 2.35. The van der Waals surface area contributed by atoms with E-state index in [1.807, 2.05) is 7.05 Å². The van der Waals surface area contributed by atoms with E-state index >= 15 is 0 Å². The zero-order chi connectivity index (χ0) is 11.7. The third-order valence-electron chi connectivity index (χ3n) is 3.63. The average molecular weight is 230 g/mol. The van der Waals surface area contributed by atoms with Crippen LogP contribution in [0.25, 0.3) is 0 Å². The van der Waals surface area contributed by atoms with Gasteiger partial charge in [0.25, 0.3) is 0 Å². The SMILES string of the molecule is CC1CN(C2CCN(C)CC2F)CC(C)O1. The van der Waals surface area contributed by atoms with E-state index in [0.717, 1.165) is 26.1 Å². The third kappa shape index (κ3) is 2.73. The molecule has 4 heteroatoms. The molecule has 3 nitrogen and oxygen atoms in total. The quantitative estimate of drug-likeness (QED) is 0.672. The summed E-state index contributed by atoms with van der Waals surface area (Å²) in [6, 6.07) is 0.102. The van der Waals surface area contributed by atoms with Crippen LogP contribution in [0.3, 0.4) is 0 Å². The van der Waals surface area contributed by atoms with Crippen LogP contribution in [-0.2, 0) is 4.74 Å². The second kappa shape index (κ2) is 4.98. The molecule has 0 aromatic rings. The van der Waals surface area contributed by atoms with Crippen molar-refractivity contribution in [3.05, 3.63) is 0 Å². The van der Waals surface area contributed by atoms with Gasteiger partial charge in [0.1, 0.15) is 6.17 Å². The normalized spacial score (nSPS) is 43.5. The Morgan fingerprint density at radius 3 is 2.31 bits per heavy atom. The maximum atomic E-state index is 14.0. The summed E-state index contributed by atoms with van der Waals surface area (Å²) in [5.74, 6) is 0. The molecule has 16 heavy (non-hydrogen) atoms. The molecule has 4 unspecified atom stereocenters. The van der Waals surface area contributed by atoms with Gasteiger partial charge in [0, 0.05) is 25.7 Å². The largest absolute Gasteiger partial charge is 0.373 e. The second-order valence-electron chi connectivity index (χ2n) is 5.35. The Balaban J connectivity index is 1.95. The van der Waals surface area contributed by atoms with Crippen LogP contribution in [0.5, 0.6) is 0 Å². The number of ether oxygens (including phenoxy) is 1. The lowest BCUT2D eigenvalue weighted by Crippen LogP contribution is -2.57. The molecule has 0 aromatic carbocycles. The molecule has 0 aromatic heterocycles. The molecule has 0 N–H and O–H groups in total. The standard InChI is InChI=1S/C12H23FN2O/c1-9-6-15(7-10(2)16-9)12-4-5-14(3)8-11(12)13/h9-12H,4-8H2,1-3H3. The molecule has 0 bridgehead atoms. The molecule has 2 aliphatic rings. The maximum absolute atomic E-state index is 14.0. The highest BCUT2D eigenvalue weighted by molar-refractivity contribution is 4.89. The van der Waals surface area contributed by atoms with Gasteiger partial charge in [0.2, 0.25) is 0 Å². The van der Waals surface area contributed by atoms with Crippen molar-refractivity contribution in [2.45, 2.75) is 44.7 Å². The Hall–Kier alpha value is -0.190. The molecular weight excluding hydrogens is 207 g/mol. The monoisotopic (exact) mass is 230 g/mol. The molecule has 0 amide bonds. The van der Waals surface area contributed by atoms with Gasteiger partial charge in [-0.1, -0.05) is 0 Å². The van der Waals surface area contributed by atoms with E-state index in [-0.39, 0.29) is 18.2 Å². The molecule has 0 aliphatic carbocycles. The van der Waals surface area contributed by atoms with E-state index in [1.165, 1.54) is 0 Å². The molecule has 2 aliphatic heterocycles. The Morgan fingerprint density at radius 2 is 1.75 bits per heavy atom. The summed E-state index contributed by atoms with van der Waals surface area (Å²) < 4.78 is 19.7. The molecule has 2 heterocycles. The van der Waals surface area contributed by atoms with Crippen molar-refractivity contribution < 1.29 is 9.13 Å². The zero-order valence-corrected chi connectivity index (χ0v) is 10.5. The Labute approximate surface area is 97.5 Å². The number of hydrogen-bond donors (Lipinski definition) is 0. The molecule has 2 saturated heterocycles.